The van der Waals surface area contributed by atoms with Crippen molar-refractivity contribution in [3.63, 3.8) is 0 Å². The molecule has 2 heterocycles. The molecule has 19 heavy (non-hydrogen) atoms. The summed E-state index contributed by atoms with van der Waals surface area (Å²) in [4.78, 5) is 2.36. The average Bonchev–Trinajstić information content (AvgIpc) is 2.78. The Morgan fingerprint density at radius 2 is 2.32 bits per heavy atom. The fourth-order valence-electron chi connectivity index (χ4n) is 2.84. The molecule has 2 atom stereocenters. The maximum absolute atomic E-state index is 5.63. The molecule has 2 rings (SSSR count). The average molecular weight is 266 g/mol. The van der Waals surface area contributed by atoms with E-state index < -0.39 is 0 Å². The van der Waals surface area contributed by atoms with Crippen LogP contribution in [-0.4, -0.2) is 44.3 Å². The van der Waals surface area contributed by atoms with Crippen molar-refractivity contribution in [2.75, 3.05) is 33.4 Å². The van der Waals surface area contributed by atoms with Gasteiger partial charge in [0.2, 0.25) is 0 Å². The van der Waals surface area contributed by atoms with Crippen LogP contribution in [0.4, 0.5) is 0 Å². The number of aryl methyl sites for hydroxylation is 1. The Balaban J connectivity index is 1.86. The van der Waals surface area contributed by atoms with E-state index in [4.69, 9.17) is 9.15 Å². The summed E-state index contributed by atoms with van der Waals surface area (Å²) in [6, 6.07) is 2.65. The lowest BCUT2D eigenvalue weighted by molar-refractivity contribution is 0.0193. The molecule has 0 saturated carbocycles. The van der Waals surface area contributed by atoms with E-state index in [0.29, 0.717) is 12.0 Å². The van der Waals surface area contributed by atoms with Crippen molar-refractivity contribution in [2.24, 2.45) is 5.92 Å². The van der Waals surface area contributed by atoms with Crippen molar-refractivity contribution in [1.82, 2.24) is 10.2 Å². The smallest absolute Gasteiger partial charge is 0.105 e. The lowest BCUT2D eigenvalue weighted by Crippen LogP contribution is -2.47. The Kier molecular flexibility index (Phi) is 5.43. The summed E-state index contributed by atoms with van der Waals surface area (Å²) < 4.78 is 11.0. The molecule has 0 aliphatic carbocycles. The van der Waals surface area contributed by atoms with Gasteiger partial charge in [0.15, 0.2) is 0 Å². The van der Waals surface area contributed by atoms with Crippen molar-refractivity contribution in [3.8, 4) is 0 Å². The molecule has 0 amide bonds. The molecule has 0 spiro atoms. The Hall–Kier alpha value is -0.840. The molecule has 4 nitrogen and oxygen atoms in total. The predicted octanol–water partition coefficient (Wildman–Crippen LogP) is 2.03. The summed E-state index contributed by atoms with van der Waals surface area (Å²) in [5, 5.41) is 3.58. The van der Waals surface area contributed by atoms with Gasteiger partial charge in [-0.1, -0.05) is 6.92 Å². The largest absolute Gasteiger partial charge is 0.469 e. The maximum Gasteiger partial charge on any atom is 0.105 e. The summed E-state index contributed by atoms with van der Waals surface area (Å²) in [5.41, 5.74) is 1.28. The first kappa shape index (κ1) is 14.6. The second-order valence-corrected chi connectivity index (χ2v) is 5.49. The van der Waals surface area contributed by atoms with Crippen molar-refractivity contribution in [2.45, 2.75) is 32.9 Å². The SMILES string of the molecule is CCNC1CCOCC1CN(C)Cc1ccoc1C. The van der Waals surface area contributed by atoms with Gasteiger partial charge in [0.05, 0.1) is 12.9 Å². The lowest BCUT2D eigenvalue weighted by atomic mass is 9.95. The third kappa shape index (κ3) is 4.06. The highest BCUT2D eigenvalue weighted by Crippen LogP contribution is 2.18. The van der Waals surface area contributed by atoms with Gasteiger partial charge >= 0.3 is 0 Å². The highest BCUT2D eigenvalue weighted by molar-refractivity contribution is 5.15. The van der Waals surface area contributed by atoms with Crippen LogP contribution in [0.25, 0.3) is 0 Å². The zero-order valence-electron chi connectivity index (χ0n) is 12.3. The highest BCUT2D eigenvalue weighted by atomic mass is 16.5. The van der Waals surface area contributed by atoms with E-state index in [0.717, 1.165) is 45.0 Å². The number of rotatable bonds is 6. The van der Waals surface area contributed by atoms with Crippen molar-refractivity contribution in [1.29, 1.82) is 0 Å². The molecule has 1 fully saturated rings. The van der Waals surface area contributed by atoms with Crippen LogP contribution in [-0.2, 0) is 11.3 Å². The van der Waals surface area contributed by atoms with Crippen molar-refractivity contribution >= 4 is 0 Å². The summed E-state index contributed by atoms with van der Waals surface area (Å²) >= 11 is 0. The molecule has 0 bridgehead atoms. The third-order valence-corrected chi connectivity index (χ3v) is 3.89. The summed E-state index contributed by atoms with van der Waals surface area (Å²) in [5.74, 6) is 1.60. The third-order valence-electron chi connectivity index (χ3n) is 3.89. The van der Waals surface area contributed by atoms with Gasteiger partial charge in [-0.15, -0.1) is 0 Å². The number of nitrogens with one attached hydrogen (secondary N) is 1. The van der Waals surface area contributed by atoms with Crippen LogP contribution in [0.15, 0.2) is 16.7 Å². The van der Waals surface area contributed by atoms with E-state index in [2.05, 4.69) is 30.3 Å². The van der Waals surface area contributed by atoms with Gasteiger partial charge in [-0.05, 0) is 33.0 Å². The van der Waals surface area contributed by atoms with Gasteiger partial charge in [-0.25, -0.2) is 0 Å². The van der Waals surface area contributed by atoms with Gasteiger partial charge in [0.25, 0.3) is 0 Å². The van der Waals surface area contributed by atoms with E-state index in [1.54, 1.807) is 6.26 Å². The van der Waals surface area contributed by atoms with Crippen LogP contribution in [0.2, 0.25) is 0 Å². The topological polar surface area (TPSA) is 37.6 Å². The summed E-state index contributed by atoms with van der Waals surface area (Å²) in [7, 11) is 2.17. The first-order valence-electron chi connectivity index (χ1n) is 7.23. The molecule has 108 valence electrons. The minimum absolute atomic E-state index is 0.575. The van der Waals surface area contributed by atoms with E-state index in [1.165, 1.54) is 5.56 Å². The van der Waals surface area contributed by atoms with Gasteiger partial charge in [-0.3, -0.25) is 0 Å². The zero-order chi connectivity index (χ0) is 13.7. The molecule has 1 aliphatic rings. The van der Waals surface area contributed by atoms with Crippen LogP contribution >= 0.6 is 0 Å². The van der Waals surface area contributed by atoms with Crippen LogP contribution < -0.4 is 5.32 Å². The molecule has 1 aromatic heterocycles. The molecular formula is C15H26N2O2. The Labute approximate surface area is 116 Å². The molecule has 1 saturated heterocycles. The lowest BCUT2D eigenvalue weighted by Gasteiger charge is -2.34. The first-order chi connectivity index (χ1) is 9.20. The Morgan fingerprint density at radius 3 is 3.00 bits per heavy atom. The molecule has 2 unspecified atom stereocenters. The zero-order valence-corrected chi connectivity index (χ0v) is 12.3. The first-order valence-corrected chi connectivity index (χ1v) is 7.23. The number of nitrogens with zero attached hydrogens (tertiary/aromatic N) is 1. The molecule has 1 aromatic rings. The van der Waals surface area contributed by atoms with E-state index >= 15 is 0 Å². The molecule has 4 heteroatoms. The molecule has 0 aromatic carbocycles. The van der Waals surface area contributed by atoms with E-state index in [-0.39, 0.29) is 0 Å². The van der Waals surface area contributed by atoms with E-state index in [1.807, 2.05) is 6.92 Å². The quantitative estimate of drug-likeness (QED) is 0.855. The summed E-state index contributed by atoms with van der Waals surface area (Å²) in [6.45, 7) is 8.98. The van der Waals surface area contributed by atoms with Gasteiger partial charge in [0, 0.05) is 37.2 Å². The van der Waals surface area contributed by atoms with Gasteiger partial charge in [0.1, 0.15) is 5.76 Å². The molecular weight excluding hydrogens is 240 g/mol. The molecule has 1 N–H and O–H groups in total. The molecule has 0 radical (unpaired) electrons. The number of furan rings is 1. The minimum atomic E-state index is 0.575. The van der Waals surface area contributed by atoms with Crippen LogP contribution in [0.5, 0.6) is 0 Å². The van der Waals surface area contributed by atoms with Crippen LogP contribution in [0.3, 0.4) is 0 Å². The van der Waals surface area contributed by atoms with Crippen LogP contribution in [0, 0.1) is 12.8 Å². The number of ether oxygens (including phenoxy) is 1. The minimum Gasteiger partial charge on any atom is -0.469 e. The number of hydrogen-bond donors (Lipinski definition) is 1. The maximum atomic E-state index is 5.63. The predicted molar refractivity (Wildman–Crippen MR) is 76.2 cm³/mol. The van der Waals surface area contributed by atoms with Gasteiger partial charge < -0.3 is 19.4 Å². The Morgan fingerprint density at radius 1 is 1.47 bits per heavy atom. The Bertz CT molecular complexity index is 376. The fraction of sp³-hybridized carbons (Fsp3) is 0.733. The standard InChI is InChI=1S/C15H26N2O2/c1-4-16-15-6-7-18-11-14(15)10-17(3)9-13-5-8-19-12(13)2/h5,8,14-16H,4,6-7,9-11H2,1-3H3. The van der Waals surface area contributed by atoms with Gasteiger partial charge in [-0.2, -0.15) is 0 Å². The second kappa shape index (κ2) is 7.08. The van der Waals surface area contributed by atoms with E-state index in [9.17, 15) is 0 Å². The number of hydrogen-bond acceptors (Lipinski definition) is 4. The van der Waals surface area contributed by atoms with Crippen molar-refractivity contribution < 1.29 is 9.15 Å². The summed E-state index contributed by atoms with van der Waals surface area (Å²) in [6.07, 6.45) is 2.89. The monoisotopic (exact) mass is 266 g/mol. The molecule has 1 aliphatic heterocycles. The van der Waals surface area contributed by atoms with Crippen LogP contribution in [0.1, 0.15) is 24.7 Å². The van der Waals surface area contributed by atoms with Crippen molar-refractivity contribution in [3.05, 3.63) is 23.7 Å². The fourth-order valence-corrected chi connectivity index (χ4v) is 2.84. The highest BCUT2D eigenvalue weighted by Gasteiger charge is 2.26. The normalized spacial score (nSPS) is 24.0. The second-order valence-electron chi connectivity index (χ2n) is 5.49.